The van der Waals surface area contributed by atoms with Crippen molar-refractivity contribution in [2.75, 3.05) is 26.2 Å². The molecule has 124 valence electrons. The van der Waals surface area contributed by atoms with Crippen LogP contribution in [0.25, 0.3) is 0 Å². The first kappa shape index (κ1) is 17.1. The zero-order valence-corrected chi connectivity index (χ0v) is 12.8. The minimum absolute atomic E-state index is 0.114. The average Bonchev–Trinajstić information content (AvgIpc) is 2.98. The Balaban J connectivity index is 2.41. The quantitative estimate of drug-likeness (QED) is 0.871. The molecule has 0 aromatic heterocycles. The summed E-state index contributed by atoms with van der Waals surface area (Å²) < 4.78 is 44.7. The standard InChI is InChI=1S/C16H23F3N2O/c1-2-22-15-6-5-12(16(17,18)19)11-13(15)14(7-8-20)21-9-3-4-10-21/h5-6,11,14H,2-4,7-10,20H2,1H3. The van der Waals surface area contributed by atoms with Crippen LogP contribution in [0.4, 0.5) is 13.2 Å². The number of nitrogens with zero attached hydrogens (tertiary/aromatic N) is 1. The van der Waals surface area contributed by atoms with Gasteiger partial charge in [0.15, 0.2) is 0 Å². The van der Waals surface area contributed by atoms with Gasteiger partial charge in [0.05, 0.1) is 12.2 Å². The number of nitrogens with two attached hydrogens (primary N) is 1. The van der Waals surface area contributed by atoms with Crippen LogP contribution in [-0.2, 0) is 6.18 Å². The molecule has 2 N–H and O–H groups in total. The Morgan fingerprint density at radius 2 is 1.95 bits per heavy atom. The molecular formula is C16H23F3N2O. The highest BCUT2D eigenvalue weighted by atomic mass is 19.4. The first-order valence-electron chi connectivity index (χ1n) is 7.75. The van der Waals surface area contributed by atoms with Crippen molar-refractivity contribution in [1.29, 1.82) is 0 Å². The number of hydrogen-bond acceptors (Lipinski definition) is 3. The lowest BCUT2D eigenvalue weighted by atomic mass is 9.98. The summed E-state index contributed by atoms with van der Waals surface area (Å²) in [5, 5.41) is 0. The van der Waals surface area contributed by atoms with Gasteiger partial charge in [-0.3, -0.25) is 4.90 Å². The minimum atomic E-state index is -4.35. The third-order valence-electron chi connectivity index (χ3n) is 4.02. The van der Waals surface area contributed by atoms with Crippen LogP contribution < -0.4 is 10.5 Å². The third-order valence-corrected chi connectivity index (χ3v) is 4.02. The Morgan fingerprint density at radius 3 is 2.50 bits per heavy atom. The molecule has 0 amide bonds. The Hall–Kier alpha value is -1.27. The van der Waals surface area contributed by atoms with Gasteiger partial charge in [0.1, 0.15) is 5.75 Å². The van der Waals surface area contributed by atoms with Gasteiger partial charge < -0.3 is 10.5 Å². The van der Waals surface area contributed by atoms with E-state index in [9.17, 15) is 13.2 Å². The van der Waals surface area contributed by atoms with Crippen molar-refractivity contribution in [1.82, 2.24) is 4.90 Å². The summed E-state index contributed by atoms with van der Waals surface area (Å²) in [6.45, 7) is 4.48. The molecule has 1 atom stereocenters. The van der Waals surface area contributed by atoms with Crippen LogP contribution in [0, 0.1) is 0 Å². The van der Waals surface area contributed by atoms with E-state index in [0.717, 1.165) is 32.0 Å². The molecule has 1 saturated heterocycles. The summed E-state index contributed by atoms with van der Waals surface area (Å²) in [5.74, 6) is 0.529. The monoisotopic (exact) mass is 316 g/mol. The van der Waals surface area contributed by atoms with Crippen LogP contribution in [0.2, 0.25) is 0 Å². The smallest absolute Gasteiger partial charge is 0.416 e. The van der Waals surface area contributed by atoms with Gasteiger partial charge >= 0.3 is 6.18 Å². The molecule has 1 heterocycles. The summed E-state index contributed by atoms with van der Waals surface area (Å²) in [7, 11) is 0. The van der Waals surface area contributed by atoms with Gasteiger partial charge in [0.25, 0.3) is 0 Å². The molecule has 1 aromatic carbocycles. The molecule has 1 aromatic rings. The maximum Gasteiger partial charge on any atom is 0.416 e. The van der Waals surface area contributed by atoms with Crippen molar-refractivity contribution in [2.45, 2.75) is 38.4 Å². The minimum Gasteiger partial charge on any atom is -0.494 e. The highest BCUT2D eigenvalue weighted by Crippen LogP contribution is 2.38. The summed E-state index contributed by atoms with van der Waals surface area (Å²) in [6.07, 6.45) is -1.58. The molecule has 1 fully saturated rings. The predicted molar refractivity (Wildman–Crippen MR) is 79.8 cm³/mol. The summed E-state index contributed by atoms with van der Waals surface area (Å²) in [6, 6.07) is 3.62. The van der Waals surface area contributed by atoms with Crippen molar-refractivity contribution in [2.24, 2.45) is 5.73 Å². The second-order valence-electron chi connectivity index (χ2n) is 5.52. The van der Waals surface area contributed by atoms with Crippen LogP contribution in [0.5, 0.6) is 5.75 Å². The topological polar surface area (TPSA) is 38.5 Å². The number of halogens is 3. The van der Waals surface area contributed by atoms with Gasteiger partial charge in [-0.25, -0.2) is 0 Å². The molecule has 2 rings (SSSR count). The van der Waals surface area contributed by atoms with Crippen LogP contribution in [0.3, 0.4) is 0 Å². The summed E-state index contributed by atoms with van der Waals surface area (Å²) >= 11 is 0. The molecule has 3 nitrogen and oxygen atoms in total. The SMILES string of the molecule is CCOc1ccc(C(F)(F)F)cc1C(CCN)N1CCCC1. The normalized spacial score (nSPS) is 17.7. The first-order chi connectivity index (χ1) is 10.5. The van der Waals surface area contributed by atoms with Gasteiger partial charge in [-0.05, 0) is 64.0 Å². The van der Waals surface area contributed by atoms with E-state index < -0.39 is 11.7 Å². The Bertz CT molecular complexity index is 485. The van der Waals surface area contributed by atoms with Crippen molar-refractivity contribution in [3.63, 3.8) is 0 Å². The van der Waals surface area contributed by atoms with Crippen LogP contribution in [0.15, 0.2) is 18.2 Å². The van der Waals surface area contributed by atoms with E-state index in [2.05, 4.69) is 4.90 Å². The maximum atomic E-state index is 13.0. The molecule has 0 aliphatic carbocycles. The Morgan fingerprint density at radius 1 is 1.27 bits per heavy atom. The largest absolute Gasteiger partial charge is 0.494 e. The number of rotatable bonds is 6. The molecule has 0 bridgehead atoms. The second-order valence-corrected chi connectivity index (χ2v) is 5.52. The number of alkyl halides is 3. The van der Waals surface area contributed by atoms with E-state index in [-0.39, 0.29) is 6.04 Å². The van der Waals surface area contributed by atoms with Gasteiger partial charge in [0.2, 0.25) is 0 Å². The number of benzene rings is 1. The number of ether oxygens (including phenoxy) is 1. The zero-order chi connectivity index (χ0) is 16.2. The van der Waals surface area contributed by atoms with Crippen molar-refractivity contribution < 1.29 is 17.9 Å². The summed E-state index contributed by atoms with van der Waals surface area (Å²) in [4.78, 5) is 2.21. The Labute approximate surface area is 129 Å². The third kappa shape index (κ3) is 3.93. The lowest BCUT2D eigenvalue weighted by Crippen LogP contribution is -2.28. The second kappa shape index (κ2) is 7.33. The molecule has 22 heavy (non-hydrogen) atoms. The molecule has 1 aliphatic rings. The number of hydrogen-bond donors (Lipinski definition) is 1. The van der Waals surface area contributed by atoms with Crippen molar-refractivity contribution in [3.05, 3.63) is 29.3 Å². The van der Waals surface area contributed by atoms with Gasteiger partial charge in [-0.2, -0.15) is 13.2 Å². The Kier molecular flexibility index (Phi) is 5.69. The van der Waals surface area contributed by atoms with E-state index in [1.165, 1.54) is 12.1 Å². The van der Waals surface area contributed by atoms with Crippen LogP contribution >= 0.6 is 0 Å². The molecule has 6 heteroatoms. The molecule has 0 spiro atoms. The average molecular weight is 316 g/mol. The van der Waals surface area contributed by atoms with Crippen molar-refractivity contribution in [3.8, 4) is 5.75 Å². The van der Waals surface area contributed by atoms with Crippen LogP contribution in [0.1, 0.15) is 43.4 Å². The van der Waals surface area contributed by atoms with Gasteiger partial charge in [-0.15, -0.1) is 0 Å². The lowest BCUT2D eigenvalue weighted by molar-refractivity contribution is -0.137. The van der Waals surface area contributed by atoms with Gasteiger partial charge in [0, 0.05) is 11.6 Å². The van der Waals surface area contributed by atoms with Gasteiger partial charge in [-0.1, -0.05) is 0 Å². The zero-order valence-electron chi connectivity index (χ0n) is 12.8. The van der Waals surface area contributed by atoms with E-state index in [1.807, 2.05) is 6.92 Å². The lowest BCUT2D eigenvalue weighted by Gasteiger charge is -2.29. The fraction of sp³-hybridized carbons (Fsp3) is 0.625. The molecular weight excluding hydrogens is 293 g/mol. The predicted octanol–water partition coefficient (Wildman–Crippen LogP) is 3.59. The fourth-order valence-electron chi connectivity index (χ4n) is 3.02. The van der Waals surface area contributed by atoms with E-state index in [1.54, 1.807) is 0 Å². The maximum absolute atomic E-state index is 13.0. The highest BCUT2D eigenvalue weighted by molar-refractivity contribution is 5.40. The molecule has 0 radical (unpaired) electrons. The first-order valence-corrected chi connectivity index (χ1v) is 7.75. The number of likely N-dealkylation sites (tertiary alicyclic amines) is 1. The van der Waals surface area contributed by atoms with Crippen molar-refractivity contribution >= 4 is 0 Å². The van der Waals surface area contributed by atoms with E-state index in [0.29, 0.717) is 30.9 Å². The fourth-order valence-corrected chi connectivity index (χ4v) is 3.02. The summed E-state index contributed by atoms with van der Waals surface area (Å²) in [5.41, 5.74) is 5.66. The van der Waals surface area contributed by atoms with Crippen LogP contribution in [-0.4, -0.2) is 31.1 Å². The van der Waals surface area contributed by atoms with E-state index in [4.69, 9.17) is 10.5 Å². The van der Waals surface area contributed by atoms with E-state index >= 15 is 0 Å². The molecule has 1 aliphatic heterocycles. The molecule has 1 unspecified atom stereocenters. The highest BCUT2D eigenvalue weighted by Gasteiger charge is 2.33. The molecule has 0 saturated carbocycles.